The summed E-state index contributed by atoms with van der Waals surface area (Å²) < 4.78 is 26.2. The summed E-state index contributed by atoms with van der Waals surface area (Å²) in [6.07, 6.45) is 3.98. The van der Waals surface area contributed by atoms with Crippen LogP contribution >= 0.6 is 11.6 Å². The Bertz CT molecular complexity index is 621. The minimum atomic E-state index is -3.31. The maximum absolute atomic E-state index is 12.3. The van der Waals surface area contributed by atoms with Crippen molar-refractivity contribution >= 4 is 33.5 Å². The van der Waals surface area contributed by atoms with Crippen molar-refractivity contribution in [3.8, 4) is 0 Å². The minimum absolute atomic E-state index is 0.0238. The zero-order valence-corrected chi connectivity index (χ0v) is 15.0. The fraction of sp³-hybridized carbons (Fsp3) is 0.643. The fourth-order valence-electron chi connectivity index (χ4n) is 2.41. The zero-order chi connectivity index (χ0) is 17.4. The Labute approximate surface area is 147 Å². The maximum Gasteiger partial charge on any atom is 0.225 e. The molecule has 0 atom stereocenters. The average Bonchev–Trinajstić information content (AvgIpc) is 2.60. The van der Waals surface area contributed by atoms with E-state index in [2.05, 4.69) is 15.3 Å². The first-order valence-corrected chi connectivity index (χ1v) is 10.00. The highest BCUT2D eigenvalue weighted by Gasteiger charge is 2.27. The van der Waals surface area contributed by atoms with E-state index >= 15 is 0 Å². The van der Waals surface area contributed by atoms with Crippen LogP contribution in [-0.4, -0.2) is 73.0 Å². The van der Waals surface area contributed by atoms with Gasteiger partial charge in [0.05, 0.1) is 5.75 Å². The number of aromatic nitrogens is 2. The Morgan fingerprint density at radius 2 is 1.88 bits per heavy atom. The van der Waals surface area contributed by atoms with Crippen LogP contribution < -0.4 is 10.2 Å². The van der Waals surface area contributed by atoms with Crippen molar-refractivity contribution in [3.63, 3.8) is 0 Å². The summed E-state index contributed by atoms with van der Waals surface area (Å²) in [7, 11) is -3.31. The van der Waals surface area contributed by atoms with Gasteiger partial charge in [-0.1, -0.05) is 0 Å². The van der Waals surface area contributed by atoms with E-state index in [0.717, 1.165) is 0 Å². The minimum Gasteiger partial charge on any atom is -0.356 e. The van der Waals surface area contributed by atoms with Crippen molar-refractivity contribution in [1.29, 1.82) is 0 Å². The third-order valence-electron chi connectivity index (χ3n) is 3.69. The van der Waals surface area contributed by atoms with E-state index in [1.54, 1.807) is 18.5 Å². The van der Waals surface area contributed by atoms with Crippen molar-refractivity contribution in [2.45, 2.75) is 12.8 Å². The molecule has 0 bridgehead atoms. The second-order valence-corrected chi connectivity index (χ2v) is 7.86. The van der Waals surface area contributed by atoms with Crippen LogP contribution in [0.4, 0.5) is 5.95 Å². The summed E-state index contributed by atoms with van der Waals surface area (Å²) in [5.41, 5.74) is 0. The molecule has 1 aromatic rings. The molecule has 1 aliphatic heterocycles. The Hall–Kier alpha value is -1.45. The van der Waals surface area contributed by atoms with Gasteiger partial charge in [0.2, 0.25) is 21.9 Å². The molecule has 1 aliphatic rings. The van der Waals surface area contributed by atoms with Crippen LogP contribution in [0.1, 0.15) is 12.8 Å². The van der Waals surface area contributed by atoms with E-state index in [1.807, 2.05) is 4.90 Å². The Morgan fingerprint density at radius 3 is 2.50 bits per heavy atom. The number of sulfonamides is 1. The molecule has 8 nitrogen and oxygen atoms in total. The Kier molecular flexibility index (Phi) is 7.19. The first kappa shape index (κ1) is 18.9. The number of hydrogen-bond donors (Lipinski definition) is 1. The van der Waals surface area contributed by atoms with E-state index in [0.29, 0.717) is 45.1 Å². The predicted molar refractivity (Wildman–Crippen MR) is 92.6 cm³/mol. The smallest absolute Gasteiger partial charge is 0.225 e. The number of hydrogen-bond acceptors (Lipinski definition) is 6. The molecule has 1 N–H and O–H groups in total. The third kappa shape index (κ3) is 5.57. The first-order chi connectivity index (χ1) is 11.5. The van der Waals surface area contributed by atoms with Gasteiger partial charge in [-0.2, -0.15) is 4.31 Å². The lowest BCUT2D eigenvalue weighted by atomic mass is 10.4. The summed E-state index contributed by atoms with van der Waals surface area (Å²) in [6, 6.07) is 1.75. The van der Waals surface area contributed by atoms with Gasteiger partial charge in [-0.3, -0.25) is 4.79 Å². The lowest BCUT2D eigenvalue weighted by Gasteiger charge is -2.33. The molecule has 0 saturated carbocycles. The van der Waals surface area contributed by atoms with Crippen LogP contribution in [0.3, 0.4) is 0 Å². The van der Waals surface area contributed by atoms with Crippen molar-refractivity contribution in [2.75, 3.05) is 49.3 Å². The van der Waals surface area contributed by atoms with E-state index in [9.17, 15) is 13.2 Å². The van der Waals surface area contributed by atoms with Crippen molar-refractivity contribution in [2.24, 2.45) is 0 Å². The van der Waals surface area contributed by atoms with Gasteiger partial charge in [0, 0.05) is 57.4 Å². The van der Waals surface area contributed by atoms with Crippen LogP contribution in [0.5, 0.6) is 0 Å². The summed E-state index contributed by atoms with van der Waals surface area (Å²) in [5.74, 6) is 0.755. The van der Waals surface area contributed by atoms with Crippen LogP contribution in [0, 0.1) is 0 Å². The molecule has 1 amide bonds. The molecule has 0 aromatic carbocycles. The van der Waals surface area contributed by atoms with Gasteiger partial charge in [0.15, 0.2) is 0 Å². The van der Waals surface area contributed by atoms with Gasteiger partial charge in [0.1, 0.15) is 0 Å². The lowest BCUT2D eigenvalue weighted by molar-refractivity contribution is -0.120. The summed E-state index contributed by atoms with van der Waals surface area (Å²) >= 11 is 5.46. The maximum atomic E-state index is 12.3. The Balaban J connectivity index is 1.75. The van der Waals surface area contributed by atoms with Crippen LogP contribution in [0.2, 0.25) is 0 Å². The molecule has 2 heterocycles. The normalized spacial score (nSPS) is 16.1. The second-order valence-electron chi connectivity index (χ2n) is 5.39. The van der Waals surface area contributed by atoms with E-state index in [1.165, 1.54) is 4.31 Å². The highest BCUT2D eigenvalue weighted by atomic mass is 35.5. The van der Waals surface area contributed by atoms with Gasteiger partial charge >= 0.3 is 0 Å². The highest BCUT2D eigenvalue weighted by Crippen LogP contribution is 2.13. The molecule has 10 heteroatoms. The number of nitrogens with zero attached hydrogens (tertiary/aromatic N) is 4. The number of rotatable bonds is 8. The molecule has 1 saturated heterocycles. The summed E-state index contributed by atoms with van der Waals surface area (Å²) in [5, 5.41) is 2.66. The number of nitrogens with one attached hydrogen (secondary N) is 1. The number of amides is 1. The number of halogens is 1. The standard InChI is InChI=1S/C14H22ClN5O3S/c15-4-3-13(21)16-7-2-12-24(22,23)20-10-8-19(9-11-20)14-17-5-1-6-18-14/h1,5-6H,2-4,7-12H2,(H,16,21). The van der Waals surface area contributed by atoms with Crippen molar-refractivity contribution in [1.82, 2.24) is 19.6 Å². The Morgan fingerprint density at radius 1 is 1.21 bits per heavy atom. The summed E-state index contributed by atoms with van der Waals surface area (Å²) in [4.78, 5) is 21.6. The van der Waals surface area contributed by atoms with Crippen LogP contribution in [0.15, 0.2) is 18.5 Å². The number of carbonyl (C=O) groups is 1. The number of carbonyl (C=O) groups excluding carboxylic acids is 1. The molecule has 0 unspecified atom stereocenters. The molecule has 1 fully saturated rings. The van der Waals surface area contributed by atoms with Gasteiger partial charge in [-0.15, -0.1) is 11.6 Å². The quantitative estimate of drug-likeness (QED) is 0.510. The molecular formula is C14H22ClN5O3S. The van der Waals surface area contributed by atoms with Gasteiger partial charge < -0.3 is 10.2 Å². The molecule has 134 valence electrons. The predicted octanol–water partition coefficient (Wildman–Crippen LogP) is 0.0636. The largest absolute Gasteiger partial charge is 0.356 e. The molecule has 2 rings (SSSR count). The number of anilines is 1. The molecular weight excluding hydrogens is 354 g/mol. The number of piperazine rings is 1. The van der Waals surface area contributed by atoms with Gasteiger partial charge in [-0.05, 0) is 12.5 Å². The first-order valence-electron chi connectivity index (χ1n) is 7.85. The molecule has 0 aliphatic carbocycles. The zero-order valence-electron chi connectivity index (χ0n) is 13.4. The topological polar surface area (TPSA) is 95.5 Å². The van der Waals surface area contributed by atoms with E-state index in [-0.39, 0.29) is 24.0 Å². The average molecular weight is 376 g/mol. The van der Waals surface area contributed by atoms with E-state index in [4.69, 9.17) is 11.6 Å². The fourth-order valence-corrected chi connectivity index (χ4v) is 4.07. The summed E-state index contributed by atoms with van der Waals surface area (Å²) in [6.45, 7) is 2.30. The third-order valence-corrected chi connectivity index (χ3v) is 5.84. The molecule has 1 aromatic heterocycles. The van der Waals surface area contributed by atoms with Gasteiger partial charge in [0.25, 0.3) is 0 Å². The molecule has 0 spiro atoms. The van der Waals surface area contributed by atoms with Crippen LogP contribution in [0.25, 0.3) is 0 Å². The molecule has 24 heavy (non-hydrogen) atoms. The second kappa shape index (κ2) is 9.14. The monoisotopic (exact) mass is 375 g/mol. The SMILES string of the molecule is O=C(CCCl)NCCCS(=O)(=O)N1CCN(c2ncccn2)CC1. The van der Waals surface area contributed by atoms with Gasteiger partial charge in [-0.25, -0.2) is 18.4 Å². The van der Waals surface area contributed by atoms with E-state index < -0.39 is 10.0 Å². The van der Waals surface area contributed by atoms with Crippen molar-refractivity contribution < 1.29 is 13.2 Å². The lowest BCUT2D eigenvalue weighted by Crippen LogP contribution is -2.49. The molecule has 0 radical (unpaired) electrons. The highest BCUT2D eigenvalue weighted by molar-refractivity contribution is 7.89. The van der Waals surface area contributed by atoms with Crippen molar-refractivity contribution in [3.05, 3.63) is 18.5 Å². The number of alkyl halides is 1. The van der Waals surface area contributed by atoms with Crippen LogP contribution in [-0.2, 0) is 14.8 Å².